The number of anilines is 1. The van der Waals surface area contributed by atoms with Crippen LogP contribution in [0.5, 0.6) is 0 Å². The van der Waals surface area contributed by atoms with Crippen molar-refractivity contribution in [3.8, 4) is 0 Å². The predicted octanol–water partition coefficient (Wildman–Crippen LogP) is 2.69. The molecule has 1 aromatic heterocycles. The Morgan fingerprint density at radius 2 is 1.93 bits per heavy atom. The molecule has 0 spiro atoms. The van der Waals surface area contributed by atoms with Crippen molar-refractivity contribution in [1.82, 2.24) is 9.71 Å². The number of halogens is 1. The van der Waals surface area contributed by atoms with Crippen LogP contribution in [-0.2, 0) is 21.4 Å². The Kier molecular flexibility index (Phi) is 6.42. The number of pyridine rings is 1. The van der Waals surface area contributed by atoms with Crippen LogP contribution in [-0.4, -0.2) is 36.2 Å². The van der Waals surface area contributed by atoms with Gasteiger partial charge in [-0.15, -0.1) is 0 Å². The average Bonchev–Trinajstić information content (AvgIpc) is 2.56. The number of carboxylic acids is 1. The van der Waals surface area contributed by atoms with Crippen LogP contribution in [0.4, 0.5) is 15.0 Å². The lowest BCUT2D eigenvalue weighted by atomic mass is 10.0. The zero-order valence-corrected chi connectivity index (χ0v) is 16.7. The Hall–Kier alpha value is -3.21. The molecule has 9 nitrogen and oxygen atoms in total. The molecule has 1 aromatic carbocycles. The number of nitrogens with zero attached hydrogens (tertiary/aromatic N) is 1. The smallest absolute Gasteiger partial charge is 0.422 e. The largest absolute Gasteiger partial charge is 0.478 e. The van der Waals surface area contributed by atoms with E-state index in [2.05, 4.69) is 4.98 Å². The number of aromatic nitrogens is 1. The molecule has 1 heterocycles. The highest BCUT2D eigenvalue weighted by Gasteiger charge is 2.23. The number of carbonyl (C=O) groups excluding carboxylic acids is 1. The molecule has 2 rings (SSSR count). The minimum Gasteiger partial charge on any atom is -0.478 e. The summed E-state index contributed by atoms with van der Waals surface area (Å²) in [5.74, 6) is -2.69. The monoisotopic (exact) mass is 425 g/mol. The first kappa shape index (κ1) is 22.1. The Bertz CT molecular complexity index is 1030. The first-order valence-electron chi connectivity index (χ1n) is 8.35. The lowest BCUT2D eigenvalue weighted by Gasteiger charge is -2.19. The van der Waals surface area contributed by atoms with Crippen molar-refractivity contribution in [2.24, 2.45) is 0 Å². The summed E-state index contributed by atoms with van der Waals surface area (Å²) in [7, 11) is -4.49. The van der Waals surface area contributed by atoms with Gasteiger partial charge in [0, 0.05) is 12.6 Å². The third-order valence-corrected chi connectivity index (χ3v) is 4.28. The fourth-order valence-electron chi connectivity index (χ4n) is 2.29. The number of aromatic carboxylic acids is 1. The first-order valence-corrected chi connectivity index (χ1v) is 9.84. The number of benzene rings is 1. The van der Waals surface area contributed by atoms with Crippen molar-refractivity contribution in [1.29, 1.82) is 0 Å². The summed E-state index contributed by atoms with van der Waals surface area (Å²) in [5.41, 5.74) is -0.291. The van der Waals surface area contributed by atoms with Crippen molar-refractivity contribution in [2.75, 3.05) is 4.72 Å². The number of carbonyl (C=O) groups is 2. The maximum absolute atomic E-state index is 14.7. The first-order chi connectivity index (χ1) is 13.4. The van der Waals surface area contributed by atoms with Gasteiger partial charge in [0.15, 0.2) is 11.6 Å². The van der Waals surface area contributed by atoms with Crippen LogP contribution in [0.25, 0.3) is 0 Å². The lowest BCUT2D eigenvalue weighted by Crippen LogP contribution is -2.39. The summed E-state index contributed by atoms with van der Waals surface area (Å²) in [5, 5.41) is 9.04. The van der Waals surface area contributed by atoms with Crippen LogP contribution in [0.2, 0.25) is 0 Å². The maximum Gasteiger partial charge on any atom is 0.422 e. The van der Waals surface area contributed by atoms with Crippen LogP contribution >= 0.6 is 0 Å². The van der Waals surface area contributed by atoms with E-state index >= 15 is 0 Å². The number of hydrogen-bond acceptors (Lipinski definition) is 6. The Morgan fingerprint density at radius 3 is 2.55 bits per heavy atom. The van der Waals surface area contributed by atoms with Gasteiger partial charge in [-0.05, 0) is 50.1 Å². The highest BCUT2D eigenvalue weighted by Crippen LogP contribution is 2.20. The molecule has 0 atom stereocenters. The standard InChI is InChI=1S/C18H20FN3O6S/c1-18(2,3)28-17(25)22-29(26,27)21-15-14(19)12(7-8-20-15)9-11-5-4-6-13(10-11)16(23)24/h4-8,10H,9H2,1-3H3,(H,20,21)(H,22,25)(H,23,24). The van der Waals surface area contributed by atoms with Gasteiger partial charge >= 0.3 is 22.3 Å². The van der Waals surface area contributed by atoms with E-state index in [9.17, 15) is 22.4 Å². The number of ether oxygens (including phenoxy) is 1. The molecule has 0 bridgehead atoms. The second-order valence-corrected chi connectivity index (χ2v) is 8.44. The Labute approximate surface area is 167 Å². The second kappa shape index (κ2) is 8.43. The molecule has 0 unspecified atom stereocenters. The number of carboxylic acid groups (broad SMARTS) is 1. The van der Waals surface area contributed by atoms with Crippen LogP contribution in [0.3, 0.4) is 0 Å². The third-order valence-electron chi connectivity index (χ3n) is 3.39. The van der Waals surface area contributed by atoms with E-state index in [4.69, 9.17) is 9.84 Å². The summed E-state index contributed by atoms with van der Waals surface area (Å²) in [6.07, 6.45) is -0.0406. The number of rotatable bonds is 6. The summed E-state index contributed by atoms with van der Waals surface area (Å²) >= 11 is 0. The average molecular weight is 425 g/mol. The molecule has 2 aromatic rings. The zero-order chi connectivity index (χ0) is 21.8. The summed E-state index contributed by atoms with van der Waals surface area (Å²) < 4.78 is 47.1. The van der Waals surface area contributed by atoms with Gasteiger partial charge in [0.25, 0.3) is 0 Å². The molecule has 0 radical (unpaired) electrons. The molecule has 156 valence electrons. The van der Waals surface area contributed by atoms with Crippen molar-refractivity contribution in [3.05, 3.63) is 59.0 Å². The van der Waals surface area contributed by atoms with Crippen molar-refractivity contribution in [3.63, 3.8) is 0 Å². The molecule has 0 aliphatic heterocycles. The maximum atomic E-state index is 14.7. The third kappa shape index (κ3) is 6.71. The zero-order valence-electron chi connectivity index (χ0n) is 15.9. The van der Waals surface area contributed by atoms with Crippen LogP contribution < -0.4 is 9.44 Å². The van der Waals surface area contributed by atoms with Gasteiger partial charge in [0.2, 0.25) is 0 Å². The molecule has 1 amide bonds. The molecule has 0 aliphatic carbocycles. The van der Waals surface area contributed by atoms with Crippen molar-refractivity contribution in [2.45, 2.75) is 32.8 Å². The second-order valence-electron chi connectivity index (χ2n) is 7.02. The van der Waals surface area contributed by atoms with E-state index in [1.165, 1.54) is 30.5 Å². The Morgan fingerprint density at radius 1 is 1.24 bits per heavy atom. The number of hydrogen-bond donors (Lipinski definition) is 3. The molecule has 0 aliphatic rings. The van der Waals surface area contributed by atoms with Crippen molar-refractivity contribution >= 4 is 28.1 Å². The van der Waals surface area contributed by atoms with E-state index in [-0.39, 0.29) is 17.5 Å². The van der Waals surface area contributed by atoms with E-state index in [1.54, 1.807) is 31.6 Å². The van der Waals surface area contributed by atoms with Crippen molar-refractivity contribution < 1.29 is 32.2 Å². The minimum atomic E-state index is -4.49. The van der Waals surface area contributed by atoms with Crippen LogP contribution in [0.15, 0.2) is 36.5 Å². The minimum absolute atomic E-state index is 0.00367. The topological polar surface area (TPSA) is 135 Å². The van der Waals surface area contributed by atoms with E-state index in [0.717, 1.165) is 0 Å². The quantitative estimate of drug-likeness (QED) is 0.648. The molecule has 0 fully saturated rings. The predicted molar refractivity (Wildman–Crippen MR) is 102 cm³/mol. The SMILES string of the molecule is CC(C)(C)OC(=O)NS(=O)(=O)Nc1nccc(Cc2cccc(C(=O)O)c2)c1F. The van der Waals surface area contributed by atoms with Gasteiger partial charge in [0.1, 0.15) is 5.60 Å². The fourth-order valence-corrected chi connectivity index (χ4v) is 3.00. The normalized spacial score (nSPS) is 11.6. The molecule has 29 heavy (non-hydrogen) atoms. The summed E-state index contributed by atoms with van der Waals surface area (Å²) in [4.78, 5) is 26.3. The summed E-state index contributed by atoms with van der Waals surface area (Å²) in [6.45, 7) is 4.66. The van der Waals surface area contributed by atoms with Gasteiger partial charge in [-0.2, -0.15) is 8.42 Å². The molecule has 0 saturated heterocycles. The molecular formula is C18H20FN3O6S. The fraction of sp³-hybridized carbons (Fsp3) is 0.278. The van der Waals surface area contributed by atoms with E-state index in [0.29, 0.717) is 5.56 Å². The molecular weight excluding hydrogens is 405 g/mol. The van der Waals surface area contributed by atoms with E-state index < -0.39 is 39.5 Å². The summed E-state index contributed by atoms with van der Waals surface area (Å²) in [6, 6.07) is 7.25. The molecule has 0 saturated carbocycles. The van der Waals surface area contributed by atoms with Crippen LogP contribution in [0.1, 0.15) is 42.3 Å². The number of nitrogens with one attached hydrogen (secondary N) is 2. The van der Waals surface area contributed by atoms with Crippen LogP contribution in [0, 0.1) is 5.82 Å². The van der Waals surface area contributed by atoms with E-state index in [1.807, 2.05) is 4.72 Å². The lowest BCUT2D eigenvalue weighted by molar-refractivity contribution is 0.0569. The highest BCUT2D eigenvalue weighted by atomic mass is 32.2. The molecule has 3 N–H and O–H groups in total. The van der Waals surface area contributed by atoms with Gasteiger partial charge in [0.05, 0.1) is 5.56 Å². The Balaban J connectivity index is 2.19. The number of amides is 1. The highest BCUT2D eigenvalue weighted by molar-refractivity contribution is 7.91. The van der Waals surface area contributed by atoms with Gasteiger partial charge in [-0.1, -0.05) is 12.1 Å². The van der Waals surface area contributed by atoms with Gasteiger partial charge in [-0.3, -0.25) is 0 Å². The molecule has 11 heteroatoms. The van der Waals surface area contributed by atoms with Gasteiger partial charge in [-0.25, -0.2) is 28.4 Å². The van der Waals surface area contributed by atoms with Gasteiger partial charge < -0.3 is 9.84 Å².